The van der Waals surface area contributed by atoms with Gasteiger partial charge in [-0.25, -0.2) is 4.79 Å². The molecule has 106 valence electrons. The molecule has 0 amide bonds. The summed E-state index contributed by atoms with van der Waals surface area (Å²) in [4.78, 5) is 11.2. The first kappa shape index (κ1) is 14.1. The van der Waals surface area contributed by atoms with Gasteiger partial charge in [-0.2, -0.15) is 5.10 Å². The lowest BCUT2D eigenvalue weighted by Crippen LogP contribution is -2.06. The van der Waals surface area contributed by atoms with Gasteiger partial charge in [-0.15, -0.1) is 0 Å². The quantitative estimate of drug-likeness (QED) is 0.910. The number of aromatic carboxylic acids is 1. The zero-order valence-electron chi connectivity index (χ0n) is 11.9. The molecule has 0 saturated carbocycles. The number of carboxylic acids is 1. The molecule has 1 aromatic carbocycles. The third-order valence-electron chi connectivity index (χ3n) is 3.13. The van der Waals surface area contributed by atoms with Crippen molar-refractivity contribution in [1.82, 2.24) is 9.78 Å². The van der Waals surface area contributed by atoms with Gasteiger partial charge >= 0.3 is 5.97 Å². The Bertz CT molecular complexity index is 632. The summed E-state index contributed by atoms with van der Waals surface area (Å²) in [6, 6.07) is 7.10. The van der Waals surface area contributed by atoms with Crippen LogP contribution in [0.2, 0.25) is 0 Å². The largest absolute Gasteiger partial charge is 0.486 e. The minimum atomic E-state index is -0.983. The Labute approximate surface area is 117 Å². The Balaban J connectivity index is 2.18. The Morgan fingerprint density at radius 1 is 1.40 bits per heavy atom. The number of benzene rings is 1. The molecule has 0 unspecified atom stereocenters. The maximum absolute atomic E-state index is 11.2. The number of aryl methyl sites for hydroxylation is 3. The van der Waals surface area contributed by atoms with Gasteiger partial charge in [0.25, 0.3) is 0 Å². The number of aromatic nitrogens is 2. The predicted molar refractivity (Wildman–Crippen MR) is 75.1 cm³/mol. The molecule has 5 nitrogen and oxygen atoms in total. The molecule has 1 aromatic heterocycles. The molecule has 0 aliphatic rings. The Kier molecular flexibility index (Phi) is 4.08. The lowest BCUT2D eigenvalue weighted by atomic mass is 10.1. The van der Waals surface area contributed by atoms with E-state index in [9.17, 15) is 9.90 Å². The van der Waals surface area contributed by atoms with Crippen LogP contribution in [0.15, 0.2) is 24.3 Å². The van der Waals surface area contributed by atoms with Gasteiger partial charge in [0, 0.05) is 7.05 Å². The number of hydrogen-bond acceptors (Lipinski definition) is 3. The van der Waals surface area contributed by atoms with Gasteiger partial charge in [0.15, 0.2) is 0 Å². The number of rotatable bonds is 5. The molecule has 1 N–H and O–H groups in total. The zero-order chi connectivity index (χ0) is 14.7. The summed E-state index contributed by atoms with van der Waals surface area (Å²) in [6.45, 7) is 4.19. The second-order valence-corrected chi connectivity index (χ2v) is 4.70. The molecular formula is C15H18N2O3. The van der Waals surface area contributed by atoms with Crippen LogP contribution in [0.3, 0.4) is 0 Å². The first-order valence-electron chi connectivity index (χ1n) is 6.49. The van der Waals surface area contributed by atoms with Crippen molar-refractivity contribution in [3.63, 3.8) is 0 Å². The summed E-state index contributed by atoms with van der Waals surface area (Å²) in [5, 5.41) is 13.5. The van der Waals surface area contributed by atoms with E-state index < -0.39 is 5.97 Å². The predicted octanol–water partition coefficient (Wildman–Crippen LogP) is 2.57. The normalized spacial score (nSPS) is 10.6. The molecule has 0 aliphatic heterocycles. The summed E-state index contributed by atoms with van der Waals surface area (Å²) in [7, 11) is 1.85. The highest BCUT2D eigenvalue weighted by Crippen LogP contribution is 2.21. The highest BCUT2D eigenvalue weighted by atomic mass is 16.5. The van der Waals surface area contributed by atoms with Gasteiger partial charge in [0.2, 0.25) is 0 Å². The molecule has 0 bridgehead atoms. The fourth-order valence-electron chi connectivity index (χ4n) is 1.97. The molecule has 1 heterocycles. The van der Waals surface area contributed by atoms with E-state index in [0.717, 1.165) is 23.4 Å². The monoisotopic (exact) mass is 274 g/mol. The fourth-order valence-corrected chi connectivity index (χ4v) is 1.97. The molecular weight excluding hydrogens is 256 g/mol. The van der Waals surface area contributed by atoms with Crippen LogP contribution in [0.5, 0.6) is 5.75 Å². The Morgan fingerprint density at radius 2 is 2.15 bits per heavy atom. The molecule has 20 heavy (non-hydrogen) atoms. The van der Waals surface area contributed by atoms with E-state index in [2.05, 4.69) is 5.10 Å². The third kappa shape index (κ3) is 2.99. The molecule has 0 radical (unpaired) electrons. The van der Waals surface area contributed by atoms with Gasteiger partial charge in [-0.1, -0.05) is 18.6 Å². The molecule has 0 spiro atoms. The molecule has 5 heteroatoms. The van der Waals surface area contributed by atoms with E-state index in [1.165, 1.54) is 0 Å². The molecule has 0 saturated heterocycles. The minimum Gasteiger partial charge on any atom is -0.486 e. The van der Waals surface area contributed by atoms with E-state index >= 15 is 0 Å². The summed E-state index contributed by atoms with van der Waals surface area (Å²) in [5.74, 6) is -0.606. The van der Waals surface area contributed by atoms with Gasteiger partial charge in [0.1, 0.15) is 17.9 Å². The first-order valence-corrected chi connectivity index (χ1v) is 6.49. The Morgan fingerprint density at radius 3 is 2.75 bits per heavy atom. The van der Waals surface area contributed by atoms with E-state index in [4.69, 9.17) is 4.74 Å². The van der Waals surface area contributed by atoms with Crippen LogP contribution in [-0.2, 0) is 20.1 Å². The number of nitrogens with zero attached hydrogens (tertiary/aromatic N) is 2. The summed E-state index contributed by atoms with van der Waals surface area (Å²) >= 11 is 0. The van der Waals surface area contributed by atoms with Gasteiger partial charge in [0.05, 0.1) is 11.4 Å². The van der Waals surface area contributed by atoms with E-state index in [-0.39, 0.29) is 5.56 Å². The number of hydrogen-bond donors (Lipinski definition) is 1. The van der Waals surface area contributed by atoms with E-state index in [1.54, 1.807) is 16.8 Å². The van der Waals surface area contributed by atoms with E-state index in [0.29, 0.717) is 12.4 Å². The maximum atomic E-state index is 11.2. The van der Waals surface area contributed by atoms with Crippen molar-refractivity contribution in [3.05, 3.63) is 46.8 Å². The maximum Gasteiger partial charge on any atom is 0.339 e. The van der Waals surface area contributed by atoms with Crippen LogP contribution in [0.4, 0.5) is 0 Å². The molecule has 2 aromatic rings. The first-order chi connectivity index (χ1) is 9.51. The lowest BCUT2D eigenvalue weighted by Gasteiger charge is -2.09. The number of ether oxygens (including phenoxy) is 1. The molecule has 2 rings (SSSR count). The topological polar surface area (TPSA) is 64.3 Å². The number of carboxylic acid groups (broad SMARTS) is 1. The van der Waals surface area contributed by atoms with Crippen molar-refractivity contribution in [1.29, 1.82) is 0 Å². The van der Waals surface area contributed by atoms with Crippen LogP contribution >= 0.6 is 0 Å². The standard InChI is InChI=1S/C15H18N2O3/c1-4-11-8-12(17(3)16-11)9-20-14-6-5-10(2)7-13(14)15(18)19/h5-8H,4,9H2,1-3H3,(H,18,19). The minimum absolute atomic E-state index is 0.183. The summed E-state index contributed by atoms with van der Waals surface area (Å²) in [6.07, 6.45) is 0.860. The average molecular weight is 274 g/mol. The van der Waals surface area contributed by atoms with Gasteiger partial charge in [-0.05, 0) is 31.5 Å². The van der Waals surface area contributed by atoms with E-state index in [1.807, 2.05) is 33.0 Å². The SMILES string of the molecule is CCc1cc(COc2ccc(C)cc2C(=O)O)n(C)n1. The van der Waals surface area contributed by atoms with Gasteiger partial charge < -0.3 is 9.84 Å². The van der Waals surface area contributed by atoms with Crippen LogP contribution in [0, 0.1) is 6.92 Å². The fraction of sp³-hybridized carbons (Fsp3) is 0.333. The second kappa shape index (κ2) is 5.77. The summed E-state index contributed by atoms with van der Waals surface area (Å²) in [5.41, 5.74) is 2.98. The van der Waals surface area contributed by atoms with Crippen LogP contribution < -0.4 is 4.74 Å². The molecule has 0 atom stereocenters. The van der Waals surface area contributed by atoms with Crippen molar-refractivity contribution < 1.29 is 14.6 Å². The van der Waals surface area contributed by atoms with Gasteiger partial charge in [-0.3, -0.25) is 4.68 Å². The zero-order valence-corrected chi connectivity index (χ0v) is 11.9. The second-order valence-electron chi connectivity index (χ2n) is 4.70. The lowest BCUT2D eigenvalue weighted by molar-refractivity contribution is 0.0691. The number of carbonyl (C=O) groups is 1. The Hall–Kier alpha value is -2.30. The van der Waals surface area contributed by atoms with Crippen LogP contribution in [-0.4, -0.2) is 20.9 Å². The highest BCUT2D eigenvalue weighted by molar-refractivity contribution is 5.91. The van der Waals surface area contributed by atoms with Crippen molar-refractivity contribution in [3.8, 4) is 5.75 Å². The van der Waals surface area contributed by atoms with Crippen molar-refractivity contribution >= 4 is 5.97 Å². The van der Waals surface area contributed by atoms with Crippen molar-refractivity contribution in [2.45, 2.75) is 26.9 Å². The molecule has 0 fully saturated rings. The third-order valence-corrected chi connectivity index (χ3v) is 3.13. The van der Waals surface area contributed by atoms with Crippen LogP contribution in [0.25, 0.3) is 0 Å². The highest BCUT2D eigenvalue weighted by Gasteiger charge is 2.12. The summed E-state index contributed by atoms with van der Waals surface area (Å²) < 4.78 is 7.39. The smallest absolute Gasteiger partial charge is 0.339 e. The van der Waals surface area contributed by atoms with Crippen molar-refractivity contribution in [2.24, 2.45) is 7.05 Å². The van der Waals surface area contributed by atoms with Crippen LogP contribution in [0.1, 0.15) is 34.2 Å². The average Bonchev–Trinajstić information content (AvgIpc) is 2.78. The molecule has 0 aliphatic carbocycles. The van der Waals surface area contributed by atoms with Crippen molar-refractivity contribution in [2.75, 3.05) is 0 Å².